The molecule has 0 spiro atoms. The predicted molar refractivity (Wildman–Crippen MR) is 104 cm³/mol. The largest absolute Gasteiger partial charge is 0.444 e. The number of hydrogen-bond donors (Lipinski definition) is 1. The lowest BCUT2D eigenvalue weighted by molar-refractivity contribution is -0.00587. The molecule has 2 rings (SSSR count). The molecule has 1 aliphatic carbocycles. The Morgan fingerprint density at radius 3 is 2.36 bits per heavy atom. The molecular formula is C21H40N2O2. The summed E-state index contributed by atoms with van der Waals surface area (Å²) in [7, 11) is 0. The van der Waals surface area contributed by atoms with Crippen molar-refractivity contribution in [2.24, 2.45) is 5.92 Å². The molecule has 1 saturated carbocycles. The fraction of sp³-hybridized carbons (Fsp3) is 0.952. The second kappa shape index (κ2) is 9.25. The Labute approximate surface area is 155 Å². The summed E-state index contributed by atoms with van der Waals surface area (Å²) in [6, 6.07) is 1.49. The summed E-state index contributed by atoms with van der Waals surface area (Å²) in [6.45, 7) is 11.3. The standard InChI is InChI=1S/C21H40N2O2/c1-6-16(7-2)22-18-13-9-8-12-17(18)19-14-10-11-15-23(19)20(24)25-21(3,4)5/h16-19,22H,6-15H2,1-5H3. The van der Waals surface area contributed by atoms with Gasteiger partial charge in [0.25, 0.3) is 0 Å². The molecule has 1 N–H and O–H groups in total. The van der Waals surface area contributed by atoms with Crippen LogP contribution in [-0.2, 0) is 4.74 Å². The highest BCUT2D eigenvalue weighted by molar-refractivity contribution is 5.68. The molecule has 2 fully saturated rings. The van der Waals surface area contributed by atoms with Gasteiger partial charge in [-0.3, -0.25) is 0 Å². The highest BCUT2D eigenvalue weighted by atomic mass is 16.6. The monoisotopic (exact) mass is 352 g/mol. The first-order chi connectivity index (χ1) is 11.9. The molecule has 0 radical (unpaired) electrons. The number of amides is 1. The minimum atomic E-state index is -0.418. The smallest absolute Gasteiger partial charge is 0.410 e. The molecule has 25 heavy (non-hydrogen) atoms. The van der Waals surface area contributed by atoms with E-state index in [1.807, 2.05) is 20.8 Å². The van der Waals surface area contributed by atoms with Crippen LogP contribution < -0.4 is 5.32 Å². The van der Waals surface area contributed by atoms with E-state index >= 15 is 0 Å². The van der Waals surface area contributed by atoms with E-state index in [-0.39, 0.29) is 6.09 Å². The maximum atomic E-state index is 12.8. The maximum Gasteiger partial charge on any atom is 0.410 e. The summed E-state index contributed by atoms with van der Waals surface area (Å²) >= 11 is 0. The number of carbonyl (C=O) groups excluding carboxylic acids is 1. The van der Waals surface area contributed by atoms with Gasteiger partial charge in [0.15, 0.2) is 0 Å². The third-order valence-electron chi connectivity index (χ3n) is 5.93. The molecule has 0 bridgehead atoms. The highest BCUT2D eigenvalue weighted by Crippen LogP contribution is 2.35. The zero-order valence-electron chi connectivity index (χ0n) is 17.1. The van der Waals surface area contributed by atoms with Gasteiger partial charge in [0.05, 0.1) is 0 Å². The lowest BCUT2D eigenvalue weighted by Gasteiger charge is -2.46. The van der Waals surface area contributed by atoms with Crippen LogP contribution in [0.5, 0.6) is 0 Å². The lowest BCUT2D eigenvalue weighted by Crippen LogP contribution is -2.56. The molecule has 4 heteroatoms. The Hall–Kier alpha value is -0.770. The van der Waals surface area contributed by atoms with E-state index in [1.165, 1.54) is 44.9 Å². The van der Waals surface area contributed by atoms with Crippen LogP contribution in [0.4, 0.5) is 4.79 Å². The number of hydrogen-bond acceptors (Lipinski definition) is 3. The van der Waals surface area contributed by atoms with Crippen LogP contribution in [-0.4, -0.2) is 41.3 Å². The second-order valence-corrected chi connectivity index (χ2v) is 8.97. The first kappa shape index (κ1) is 20.5. The van der Waals surface area contributed by atoms with Gasteiger partial charge in [-0.1, -0.05) is 26.7 Å². The predicted octanol–water partition coefficient (Wildman–Crippen LogP) is 5.11. The molecule has 1 aliphatic heterocycles. The maximum absolute atomic E-state index is 12.8. The van der Waals surface area contributed by atoms with Crippen molar-refractivity contribution < 1.29 is 9.53 Å². The van der Waals surface area contributed by atoms with Gasteiger partial charge in [0, 0.05) is 24.7 Å². The van der Waals surface area contributed by atoms with Crippen LogP contribution in [0, 0.1) is 5.92 Å². The zero-order valence-corrected chi connectivity index (χ0v) is 17.1. The normalized spacial score (nSPS) is 28.2. The van der Waals surface area contributed by atoms with Crippen LogP contribution in [0.1, 0.15) is 92.4 Å². The average molecular weight is 353 g/mol. The molecule has 2 aliphatic rings. The van der Waals surface area contributed by atoms with Crippen LogP contribution in [0.15, 0.2) is 0 Å². The van der Waals surface area contributed by atoms with Crippen molar-refractivity contribution in [1.29, 1.82) is 0 Å². The number of nitrogens with zero attached hydrogens (tertiary/aromatic N) is 1. The quantitative estimate of drug-likeness (QED) is 0.747. The number of likely N-dealkylation sites (tertiary alicyclic amines) is 1. The zero-order chi connectivity index (χ0) is 18.4. The SMILES string of the molecule is CCC(CC)NC1CCCCC1C1CCCCN1C(=O)OC(C)(C)C. The molecule has 4 nitrogen and oxygen atoms in total. The summed E-state index contributed by atoms with van der Waals surface area (Å²) in [5.41, 5.74) is -0.418. The minimum Gasteiger partial charge on any atom is -0.444 e. The van der Waals surface area contributed by atoms with Crippen molar-refractivity contribution in [1.82, 2.24) is 10.2 Å². The van der Waals surface area contributed by atoms with Crippen LogP contribution in [0.25, 0.3) is 0 Å². The average Bonchev–Trinajstić information content (AvgIpc) is 2.58. The van der Waals surface area contributed by atoms with Crippen LogP contribution in [0.3, 0.4) is 0 Å². The van der Waals surface area contributed by atoms with Crippen molar-refractivity contribution in [2.45, 2.75) is 116 Å². The number of ether oxygens (including phenoxy) is 1. The fourth-order valence-electron chi connectivity index (χ4n) is 4.60. The van der Waals surface area contributed by atoms with Gasteiger partial charge in [-0.2, -0.15) is 0 Å². The number of nitrogens with one attached hydrogen (secondary N) is 1. The second-order valence-electron chi connectivity index (χ2n) is 8.97. The van der Waals surface area contributed by atoms with E-state index in [0.717, 1.165) is 19.4 Å². The first-order valence-corrected chi connectivity index (χ1v) is 10.6. The summed E-state index contributed by atoms with van der Waals surface area (Å²) < 4.78 is 5.72. The van der Waals surface area contributed by atoms with E-state index in [9.17, 15) is 4.79 Å². The summed E-state index contributed by atoms with van der Waals surface area (Å²) in [5.74, 6) is 0.571. The van der Waals surface area contributed by atoms with E-state index in [1.54, 1.807) is 0 Å². The highest BCUT2D eigenvalue weighted by Gasteiger charge is 2.39. The molecule has 3 atom stereocenters. The van der Waals surface area contributed by atoms with E-state index in [2.05, 4.69) is 24.1 Å². The summed E-state index contributed by atoms with van der Waals surface area (Å²) in [5, 5.41) is 3.93. The van der Waals surface area contributed by atoms with Crippen molar-refractivity contribution in [3.8, 4) is 0 Å². The molecule has 0 aromatic heterocycles. The Bertz CT molecular complexity index is 415. The van der Waals surface area contributed by atoms with Gasteiger partial charge < -0.3 is 15.0 Å². The number of carbonyl (C=O) groups is 1. The minimum absolute atomic E-state index is 0.107. The van der Waals surface area contributed by atoms with Gasteiger partial charge in [0.1, 0.15) is 5.60 Å². The third-order valence-corrected chi connectivity index (χ3v) is 5.93. The summed E-state index contributed by atoms with van der Waals surface area (Å²) in [4.78, 5) is 14.9. The molecule has 0 aromatic carbocycles. The van der Waals surface area contributed by atoms with E-state index < -0.39 is 5.60 Å². The molecule has 1 heterocycles. The van der Waals surface area contributed by atoms with Gasteiger partial charge in [-0.15, -0.1) is 0 Å². The number of rotatable bonds is 5. The summed E-state index contributed by atoms with van der Waals surface area (Å²) in [6.07, 6.45) is 10.8. The van der Waals surface area contributed by atoms with Crippen molar-refractivity contribution in [3.05, 3.63) is 0 Å². The van der Waals surface area contributed by atoms with Gasteiger partial charge in [0.2, 0.25) is 0 Å². The van der Waals surface area contributed by atoms with Crippen LogP contribution >= 0.6 is 0 Å². The Kier molecular flexibility index (Phi) is 7.60. The lowest BCUT2D eigenvalue weighted by atomic mass is 9.76. The van der Waals surface area contributed by atoms with Gasteiger partial charge >= 0.3 is 6.09 Å². The molecule has 1 saturated heterocycles. The Balaban J connectivity index is 2.11. The molecule has 0 aromatic rings. The van der Waals surface area contributed by atoms with E-state index in [0.29, 0.717) is 24.0 Å². The van der Waals surface area contributed by atoms with Gasteiger partial charge in [-0.25, -0.2) is 4.79 Å². The van der Waals surface area contributed by atoms with Crippen molar-refractivity contribution in [3.63, 3.8) is 0 Å². The Morgan fingerprint density at radius 2 is 1.72 bits per heavy atom. The van der Waals surface area contributed by atoms with Crippen LogP contribution in [0.2, 0.25) is 0 Å². The third kappa shape index (κ3) is 5.87. The van der Waals surface area contributed by atoms with Crippen molar-refractivity contribution in [2.75, 3.05) is 6.54 Å². The van der Waals surface area contributed by atoms with E-state index in [4.69, 9.17) is 4.74 Å². The molecule has 1 amide bonds. The van der Waals surface area contributed by atoms with Gasteiger partial charge in [-0.05, 0) is 71.6 Å². The first-order valence-electron chi connectivity index (χ1n) is 10.6. The fourth-order valence-corrected chi connectivity index (χ4v) is 4.60. The molecule has 3 unspecified atom stereocenters. The molecular weight excluding hydrogens is 312 g/mol. The Morgan fingerprint density at radius 1 is 1.08 bits per heavy atom. The topological polar surface area (TPSA) is 41.6 Å². The molecule has 146 valence electrons. The number of piperidine rings is 1. The van der Waals surface area contributed by atoms with Crippen molar-refractivity contribution >= 4 is 6.09 Å².